The quantitative estimate of drug-likeness (QED) is 0.896. The molecule has 0 radical (unpaired) electrons. The second-order valence-electron chi connectivity index (χ2n) is 4.42. The molecule has 110 valence electrons. The molecule has 1 N–H and O–H groups in total. The van der Waals surface area contributed by atoms with Crippen LogP contribution in [0.4, 0.5) is 5.69 Å². The minimum Gasteiger partial charge on any atom is -0.497 e. The molecule has 0 fully saturated rings. The smallest absolute Gasteiger partial charge is 0.228 e. The van der Waals surface area contributed by atoms with Crippen LogP contribution in [-0.4, -0.2) is 20.1 Å². The van der Waals surface area contributed by atoms with E-state index in [1.165, 1.54) is 0 Å². The maximum absolute atomic E-state index is 12.1. The van der Waals surface area contributed by atoms with Gasteiger partial charge in [-0.2, -0.15) is 0 Å². The van der Waals surface area contributed by atoms with E-state index in [1.54, 1.807) is 32.4 Å². The van der Waals surface area contributed by atoms with Crippen LogP contribution in [0.25, 0.3) is 0 Å². The van der Waals surface area contributed by atoms with Crippen molar-refractivity contribution < 1.29 is 14.3 Å². The number of halogens is 1. The number of ether oxygens (including phenoxy) is 2. The Balaban J connectivity index is 2.12. The van der Waals surface area contributed by atoms with Gasteiger partial charge in [-0.15, -0.1) is 0 Å². The Morgan fingerprint density at radius 1 is 1.14 bits per heavy atom. The Morgan fingerprint density at radius 3 is 2.62 bits per heavy atom. The highest BCUT2D eigenvalue weighted by molar-refractivity contribution is 9.10. The van der Waals surface area contributed by atoms with Gasteiger partial charge in [0.25, 0.3) is 0 Å². The van der Waals surface area contributed by atoms with E-state index < -0.39 is 0 Å². The van der Waals surface area contributed by atoms with Gasteiger partial charge in [-0.25, -0.2) is 0 Å². The molecule has 21 heavy (non-hydrogen) atoms. The average Bonchev–Trinajstić information content (AvgIpc) is 2.47. The number of hydrogen-bond acceptors (Lipinski definition) is 3. The molecule has 5 heteroatoms. The highest BCUT2D eigenvalue weighted by Gasteiger charge is 2.10. The van der Waals surface area contributed by atoms with Crippen LogP contribution in [0, 0.1) is 0 Å². The molecule has 0 saturated carbocycles. The number of amides is 1. The van der Waals surface area contributed by atoms with Gasteiger partial charge < -0.3 is 14.8 Å². The summed E-state index contributed by atoms with van der Waals surface area (Å²) >= 11 is 3.39. The average molecular weight is 350 g/mol. The number of hydrogen-bond donors (Lipinski definition) is 1. The lowest BCUT2D eigenvalue weighted by atomic mass is 10.1. The monoisotopic (exact) mass is 349 g/mol. The van der Waals surface area contributed by atoms with Crippen LogP contribution in [0.2, 0.25) is 0 Å². The van der Waals surface area contributed by atoms with Gasteiger partial charge in [-0.1, -0.05) is 28.1 Å². The highest BCUT2D eigenvalue weighted by atomic mass is 79.9. The number of carbonyl (C=O) groups is 1. The van der Waals surface area contributed by atoms with Crippen molar-refractivity contribution >= 4 is 27.5 Å². The Bertz CT molecular complexity index is 643. The minimum absolute atomic E-state index is 0.111. The Morgan fingerprint density at radius 2 is 1.95 bits per heavy atom. The SMILES string of the molecule is COc1ccc(OC)c(NC(=O)Cc2cccc(Br)c2)c1. The van der Waals surface area contributed by atoms with Crippen molar-refractivity contribution in [2.75, 3.05) is 19.5 Å². The lowest BCUT2D eigenvalue weighted by Crippen LogP contribution is -2.15. The molecule has 0 bridgehead atoms. The van der Waals surface area contributed by atoms with Gasteiger partial charge in [0.1, 0.15) is 11.5 Å². The standard InChI is InChI=1S/C16H16BrNO3/c1-20-13-6-7-15(21-2)14(10-13)18-16(19)9-11-4-3-5-12(17)8-11/h3-8,10H,9H2,1-2H3,(H,18,19). The van der Waals surface area contributed by atoms with Gasteiger partial charge in [0.05, 0.1) is 26.3 Å². The van der Waals surface area contributed by atoms with Crippen molar-refractivity contribution in [1.82, 2.24) is 0 Å². The zero-order chi connectivity index (χ0) is 15.2. The summed E-state index contributed by atoms with van der Waals surface area (Å²) in [6, 6.07) is 12.9. The molecule has 0 heterocycles. The van der Waals surface area contributed by atoms with Gasteiger partial charge >= 0.3 is 0 Å². The predicted molar refractivity (Wildman–Crippen MR) is 86.0 cm³/mol. The summed E-state index contributed by atoms with van der Waals surface area (Å²) in [4.78, 5) is 12.1. The topological polar surface area (TPSA) is 47.6 Å². The Kier molecular flexibility index (Phi) is 5.22. The molecule has 2 aromatic carbocycles. The number of benzene rings is 2. The molecule has 0 unspecified atom stereocenters. The summed E-state index contributed by atoms with van der Waals surface area (Å²) in [6.07, 6.45) is 0.291. The van der Waals surface area contributed by atoms with Gasteiger partial charge in [0.15, 0.2) is 0 Å². The molecule has 4 nitrogen and oxygen atoms in total. The van der Waals surface area contributed by atoms with Gasteiger partial charge in [0.2, 0.25) is 5.91 Å². The second kappa shape index (κ2) is 7.13. The van der Waals surface area contributed by atoms with E-state index in [1.807, 2.05) is 24.3 Å². The van der Waals surface area contributed by atoms with Crippen molar-refractivity contribution in [2.24, 2.45) is 0 Å². The van der Waals surface area contributed by atoms with Gasteiger partial charge in [-0.05, 0) is 29.8 Å². The first-order valence-electron chi connectivity index (χ1n) is 6.38. The molecule has 2 rings (SSSR count). The van der Waals surface area contributed by atoms with Crippen LogP contribution < -0.4 is 14.8 Å². The van der Waals surface area contributed by atoms with Crippen molar-refractivity contribution in [3.05, 3.63) is 52.5 Å². The highest BCUT2D eigenvalue weighted by Crippen LogP contribution is 2.29. The summed E-state index contributed by atoms with van der Waals surface area (Å²) in [5.74, 6) is 1.15. The largest absolute Gasteiger partial charge is 0.497 e. The Hall–Kier alpha value is -2.01. The van der Waals surface area contributed by atoms with E-state index in [0.717, 1.165) is 10.0 Å². The van der Waals surface area contributed by atoms with E-state index in [-0.39, 0.29) is 5.91 Å². The fraction of sp³-hybridized carbons (Fsp3) is 0.188. The molecule has 0 aromatic heterocycles. The number of methoxy groups -OCH3 is 2. The molecule has 2 aromatic rings. The molecule has 0 atom stereocenters. The van der Waals surface area contributed by atoms with E-state index >= 15 is 0 Å². The van der Waals surface area contributed by atoms with Crippen LogP contribution in [0.15, 0.2) is 46.9 Å². The number of rotatable bonds is 5. The van der Waals surface area contributed by atoms with Gasteiger partial charge in [-0.3, -0.25) is 4.79 Å². The predicted octanol–water partition coefficient (Wildman–Crippen LogP) is 3.65. The van der Waals surface area contributed by atoms with E-state index in [0.29, 0.717) is 23.6 Å². The first-order chi connectivity index (χ1) is 10.1. The summed E-state index contributed by atoms with van der Waals surface area (Å²) in [7, 11) is 3.14. The third-order valence-corrected chi connectivity index (χ3v) is 3.43. The second-order valence-corrected chi connectivity index (χ2v) is 5.34. The molecule has 0 aliphatic carbocycles. The number of carbonyl (C=O) groups excluding carboxylic acids is 1. The van der Waals surface area contributed by atoms with Crippen molar-refractivity contribution in [1.29, 1.82) is 0 Å². The number of nitrogens with one attached hydrogen (secondary N) is 1. The van der Waals surface area contributed by atoms with Crippen molar-refractivity contribution in [2.45, 2.75) is 6.42 Å². The van der Waals surface area contributed by atoms with Gasteiger partial charge in [0, 0.05) is 10.5 Å². The Labute approximate surface area is 132 Å². The van der Waals surface area contributed by atoms with Crippen LogP contribution >= 0.6 is 15.9 Å². The van der Waals surface area contributed by atoms with E-state index in [4.69, 9.17) is 9.47 Å². The van der Waals surface area contributed by atoms with Crippen molar-refractivity contribution in [3.8, 4) is 11.5 Å². The third-order valence-electron chi connectivity index (χ3n) is 2.93. The summed E-state index contributed by atoms with van der Waals surface area (Å²) < 4.78 is 11.3. The zero-order valence-corrected chi connectivity index (χ0v) is 13.4. The maximum Gasteiger partial charge on any atom is 0.228 e. The molecule has 0 aliphatic heterocycles. The first kappa shape index (κ1) is 15.4. The fourth-order valence-electron chi connectivity index (χ4n) is 1.94. The van der Waals surface area contributed by atoms with Crippen LogP contribution in [0.5, 0.6) is 11.5 Å². The molecule has 0 spiro atoms. The minimum atomic E-state index is -0.111. The summed E-state index contributed by atoms with van der Waals surface area (Å²) in [6.45, 7) is 0. The number of anilines is 1. The third kappa shape index (κ3) is 4.23. The molecule has 0 saturated heterocycles. The van der Waals surface area contributed by atoms with E-state index in [2.05, 4.69) is 21.2 Å². The normalized spacial score (nSPS) is 10.0. The molecular weight excluding hydrogens is 334 g/mol. The van der Waals surface area contributed by atoms with Crippen LogP contribution in [0.1, 0.15) is 5.56 Å². The van der Waals surface area contributed by atoms with E-state index in [9.17, 15) is 4.79 Å². The lowest BCUT2D eigenvalue weighted by Gasteiger charge is -2.11. The van der Waals surface area contributed by atoms with Crippen molar-refractivity contribution in [3.63, 3.8) is 0 Å². The molecular formula is C16H16BrNO3. The fourth-order valence-corrected chi connectivity index (χ4v) is 2.39. The first-order valence-corrected chi connectivity index (χ1v) is 7.18. The van der Waals surface area contributed by atoms with Crippen LogP contribution in [-0.2, 0) is 11.2 Å². The maximum atomic E-state index is 12.1. The summed E-state index contributed by atoms with van der Waals surface area (Å²) in [5, 5.41) is 2.84. The zero-order valence-electron chi connectivity index (χ0n) is 11.9. The van der Waals surface area contributed by atoms with Crippen LogP contribution in [0.3, 0.4) is 0 Å². The molecule has 0 aliphatic rings. The molecule has 1 amide bonds. The summed E-state index contributed by atoms with van der Waals surface area (Å²) in [5.41, 5.74) is 1.53. The lowest BCUT2D eigenvalue weighted by molar-refractivity contribution is -0.115.